The van der Waals surface area contributed by atoms with Gasteiger partial charge in [0, 0.05) is 19.5 Å². The van der Waals surface area contributed by atoms with E-state index in [1.165, 1.54) is 6.07 Å². The van der Waals surface area contributed by atoms with Gasteiger partial charge in [0.15, 0.2) is 0 Å². The molecule has 3 nitrogen and oxygen atoms in total. The minimum Gasteiger partial charge on any atom is -0.356 e. The maximum Gasteiger partial charge on any atom is 0.221 e. The largest absolute Gasteiger partial charge is 0.356 e. The number of amides is 1. The van der Waals surface area contributed by atoms with Gasteiger partial charge in [0.05, 0.1) is 0 Å². The van der Waals surface area contributed by atoms with Crippen molar-refractivity contribution in [2.75, 3.05) is 19.6 Å². The van der Waals surface area contributed by atoms with Gasteiger partial charge < -0.3 is 10.6 Å². The van der Waals surface area contributed by atoms with E-state index in [0.29, 0.717) is 31.5 Å². The molecule has 1 aromatic carbocycles. The number of hydrogen-bond acceptors (Lipinski definition) is 2. The van der Waals surface area contributed by atoms with Gasteiger partial charge in [-0.15, -0.1) is 0 Å². The minimum atomic E-state index is -0.167. The Morgan fingerprint density at radius 2 is 2.00 bits per heavy atom. The predicted molar refractivity (Wildman–Crippen MR) is 70.9 cm³/mol. The number of carbonyl (C=O) groups is 1. The third-order valence-corrected chi connectivity index (χ3v) is 2.63. The average Bonchev–Trinajstić information content (AvgIpc) is 2.38. The van der Waals surface area contributed by atoms with Gasteiger partial charge in [-0.1, -0.05) is 25.1 Å². The molecule has 0 atom stereocenters. The van der Waals surface area contributed by atoms with Crippen LogP contribution in [0.3, 0.4) is 0 Å². The molecule has 1 amide bonds. The summed E-state index contributed by atoms with van der Waals surface area (Å²) in [6.07, 6.45) is 2.06. The maximum atomic E-state index is 13.3. The van der Waals surface area contributed by atoms with E-state index in [4.69, 9.17) is 0 Å². The van der Waals surface area contributed by atoms with Gasteiger partial charge in [0.2, 0.25) is 5.91 Å². The van der Waals surface area contributed by atoms with Crippen LogP contribution in [-0.4, -0.2) is 25.5 Å². The molecule has 2 N–H and O–H groups in total. The second-order valence-electron chi connectivity index (χ2n) is 4.19. The molecule has 0 saturated heterocycles. The van der Waals surface area contributed by atoms with Crippen molar-refractivity contribution in [1.29, 1.82) is 0 Å². The highest BCUT2D eigenvalue weighted by Crippen LogP contribution is 2.05. The van der Waals surface area contributed by atoms with E-state index >= 15 is 0 Å². The van der Waals surface area contributed by atoms with Gasteiger partial charge in [-0.2, -0.15) is 0 Å². The van der Waals surface area contributed by atoms with Crippen LogP contribution in [0.4, 0.5) is 4.39 Å². The molecule has 0 aliphatic rings. The standard InChI is InChI=1S/C14H21FN2O/c1-2-9-17-14(18)8-11-16-10-7-12-5-3-4-6-13(12)15/h3-6,16H,2,7-11H2,1H3,(H,17,18). The molecule has 0 saturated carbocycles. The zero-order valence-corrected chi connectivity index (χ0v) is 10.8. The summed E-state index contributed by atoms with van der Waals surface area (Å²) in [6.45, 7) is 4.06. The van der Waals surface area contributed by atoms with Crippen LogP contribution in [0, 0.1) is 5.82 Å². The number of nitrogens with one attached hydrogen (secondary N) is 2. The van der Waals surface area contributed by atoms with Crippen molar-refractivity contribution in [3.63, 3.8) is 0 Å². The molecule has 0 radical (unpaired) electrons. The summed E-state index contributed by atoms with van der Waals surface area (Å²) in [5, 5.41) is 5.95. The van der Waals surface area contributed by atoms with Gasteiger partial charge in [0.25, 0.3) is 0 Å². The third kappa shape index (κ3) is 5.77. The highest BCUT2D eigenvalue weighted by atomic mass is 19.1. The SMILES string of the molecule is CCCNC(=O)CCNCCc1ccccc1F. The van der Waals surface area contributed by atoms with Gasteiger partial charge >= 0.3 is 0 Å². The van der Waals surface area contributed by atoms with Crippen molar-refractivity contribution in [2.24, 2.45) is 0 Å². The summed E-state index contributed by atoms with van der Waals surface area (Å²) in [7, 11) is 0. The van der Waals surface area contributed by atoms with E-state index in [1.54, 1.807) is 12.1 Å². The third-order valence-electron chi connectivity index (χ3n) is 2.63. The lowest BCUT2D eigenvalue weighted by Crippen LogP contribution is -2.28. The van der Waals surface area contributed by atoms with Gasteiger partial charge in [0.1, 0.15) is 5.82 Å². The molecule has 0 spiro atoms. The molecule has 18 heavy (non-hydrogen) atoms. The lowest BCUT2D eigenvalue weighted by molar-refractivity contribution is -0.120. The first-order chi connectivity index (χ1) is 8.74. The highest BCUT2D eigenvalue weighted by Gasteiger charge is 2.01. The fraction of sp³-hybridized carbons (Fsp3) is 0.500. The Morgan fingerprint density at radius 1 is 1.22 bits per heavy atom. The zero-order chi connectivity index (χ0) is 13.2. The smallest absolute Gasteiger partial charge is 0.221 e. The molecule has 4 heteroatoms. The number of halogens is 1. The second-order valence-corrected chi connectivity index (χ2v) is 4.19. The van der Waals surface area contributed by atoms with Crippen molar-refractivity contribution >= 4 is 5.91 Å². The molecule has 1 aromatic rings. The van der Waals surface area contributed by atoms with Gasteiger partial charge in [-0.05, 0) is 31.0 Å². The number of benzene rings is 1. The number of rotatable bonds is 8. The van der Waals surface area contributed by atoms with Gasteiger partial charge in [-0.3, -0.25) is 4.79 Å². The van der Waals surface area contributed by atoms with Crippen molar-refractivity contribution in [3.8, 4) is 0 Å². The monoisotopic (exact) mass is 252 g/mol. The van der Waals surface area contributed by atoms with Crippen LogP contribution in [0.25, 0.3) is 0 Å². The van der Waals surface area contributed by atoms with Crippen molar-refractivity contribution < 1.29 is 9.18 Å². The number of carbonyl (C=O) groups excluding carboxylic acids is 1. The quantitative estimate of drug-likeness (QED) is 0.694. The summed E-state index contributed by atoms with van der Waals surface area (Å²) in [4.78, 5) is 11.3. The minimum absolute atomic E-state index is 0.0650. The molecule has 0 unspecified atom stereocenters. The van der Waals surface area contributed by atoms with E-state index < -0.39 is 0 Å². The van der Waals surface area contributed by atoms with Gasteiger partial charge in [-0.25, -0.2) is 4.39 Å². The van der Waals surface area contributed by atoms with Crippen LogP contribution < -0.4 is 10.6 Å². The molecule has 0 aromatic heterocycles. The molecule has 0 aliphatic carbocycles. The lowest BCUT2D eigenvalue weighted by atomic mass is 10.1. The summed E-state index contributed by atoms with van der Waals surface area (Å²) < 4.78 is 13.3. The Labute approximate surface area is 108 Å². The Hall–Kier alpha value is -1.42. The molecule has 0 fully saturated rings. The molecule has 0 bridgehead atoms. The summed E-state index contributed by atoms with van der Waals surface area (Å²) >= 11 is 0. The summed E-state index contributed by atoms with van der Waals surface area (Å²) in [6, 6.07) is 6.76. The Bertz CT molecular complexity index is 369. The van der Waals surface area contributed by atoms with Crippen LogP contribution in [0.5, 0.6) is 0 Å². The molecule has 0 heterocycles. The van der Waals surface area contributed by atoms with E-state index in [0.717, 1.165) is 13.0 Å². The predicted octanol–water partition coefficient (Wildman–Crippen LogP) is 1.87. The van der Waals surface area contributed by atoms with Crippen LogP contribution in [0.15, 0.2) is 24.3 Å². The first-order valence-corrected chi connectivity index (χ1v) is 6.45. The van der Waals surface area contributed by atoms with E-state index in [-0.39, 0.29) is 11.7 Å². The maximum absolute atomic E-state index is 13.3. The first-order valence-electron chi connectivity index (χ1n) is 6.45. The van der Waals surface area contributed by atoms with E-state index in [2.05, 4.69) is 10.6 Å². The van der Waals surface area contributed by atoms with Crippen molar-refractivity contribution in [1.82, 2.24) is 10.6 Å². The van der Waals surface area contributed by atoms with Crippen LogP contribution in [0.1, 0.15) is 25.3 Å². The van der Waals surface area contributed by atoms with Crippen LogP contribution >= 0.6 is 0 Å². The zero-order valence-electron chi connectivity index (χ0n) is 10.8. The average molecular weight is 252 g/mol. The first kappa shape index (κ1) is 14.6. The molecular weight excluding hydrogens is 231 g/mol. The van der Waals surface area contributed by atoms with Crippen molar-refractivity contribution in [2.45, 2.75) is 26.2 Å². The molecular formula is C14H21FN2O. The topological polar surface area (TPSA) is 41.1 Å². The Morgan fingerprint density at radius 3 is 2.72 bits per heavy atom. The molecule has 1 rings (SSSR count). The second kappa shape index (κ2) is 8.64. The fourth-order valence-corrected chi connectivity index (χ4v) is 1.60. The lowest BCUT2D eigenvalue weighted by Gasteiger charge is -2.06. The normalized spacial score (nSPS) is 10.3. The summed E-state index contributed by atoms with van der Waals surface area (Å²) in [5.41, 5.74) is 0.709. The van der Waals surface area contributed by atoms with E-state index in [9.17, 15) is 9.18 Å². The fourth-order valence-electron chi connectivity index (χ4n) is 1.60. The Balaban J connectivity index is 2.09. The number of hydrogen-bond donors (Lipinski definition) is 2. The summed E-state index contributed by atoms with van der Waals surface area (Å²) in [5.74, 6) is -0.102. The molecule has 0 aliphatic heterocycles. The van der Waals surface area contributed by atoms with Crippen LogP contribution in [-0.2, 0) is 11.2 Å². The van der Waals surface area contributed by atoms with Crippen LogP contribution in [0.2, 0.25) is 0 Å². The Kier molecular flexibility index (Phi) is 7.03. The molecule has 100 valence electrons. The van der Waals surface area contributed by atoms with E-state index in [1.807, 2.05) is 13.0 Å². The van der Waals surface area contributed by atoms with Crippen molar-refractivity contribution in [3.05, 3.63) is 35.6 Å². The highest BCUT2D eigenvalue weighted by molar-refractivity contribution is 5.75.